The summed E-state index contributed by atoms with van der Waals surface area (Å²) in [5, 5.41) is 10.6. The van der Waals surface area contributed by atoms with Gasteiger partial charge in [0.1, 0.15) is 0 Å². The van der Waals surface area contributed by atoms with Gasteiger partial charge in [-0.15, -0.1) is 17.7 Å². The molecule has 84 valence electrons. The summed E-state index contributed by atoms with van der Waals surface area (Å²) in [5.74, 6) is 0. The quantitative estimate of drug-likeness (QED) is 0.782. The fourth-order valence-corrected chi connectivity index (χ4v) is 1.34. The molecule has 0 bridgehead atoms. The van der Waals surface area contributed by atoms with Crippen LogP contribution in [0.4, 0.5) is 13.2 Å². The zero-order valence-corrected chi connectivity index (χ0v) is 8.57. The maximum Gasteiger partial charge on any atom is 0.416 e. The molecule has 0 aliphatic carbocycles. The van der Waals surface area contributed by atoms with Gasteiger partial charge in [0.2, 0.25) is 5.16 Å². The highest BCUT2D eigenvalue weighted by molar-refractivity contribution is 7.80. The molecule has 0 fully saturated rings. The molecule has 0 saturated heterocycles. The van der Waals surface area contributed by atoms with Crippen LogP contribution in [-0.2, 0) is 6.18 Å². The number of tetrazole rings is 1. The molecule has 16 heavy (non-hydrogen) atoms. The first kappa shape index (κ1) is 10.9. The fraction of sp³-hybridized carbons (Fsp3) is 0.125. The standard InChI is InChI=1S/C8H5F3N4S/c9-8(10,11)5-1-3-6(4-2-5)15-7(16)12-13-14-15/h1-4H,(H,12,14,16). The lowest BCUT2D eigenvalue weighted by Crippen LogP contribution is -2.05. The number of halogens is 3. The third-order valence-corrected chi connectivity index (χ3v) is 2.17. The minimum Gasteiger partial charge on any atom is -0.188 e. The van der Waals surface area contributed by atoms with Crippen LogP contribution in [0.5, 0.6) is 0 Å². The molecule has 0 amide bonds. The molecule has 8 heteroatoms. The number of hydrogen-bond donors (Lipinski definition) is 1. The van der Waals surface area contributed by atoms with E-state index in [1.807, 2.05) is 0 Å². The molecular formula is C8H5F3N4S. The Morgan fingerprint density at radius 1 is 1.12 bits per heavy atom. The maximum absolute atomic E-state index is 12.3. The van der Waals surface area contributed by atoms with E-state index in [-0.39, 0.29) is 5.16 Å². The first-order valence-electron chi connectivity index (χ1n) is 4.13. The number of benzene rings is 1. The highest BCUT2D eigenvalue weighted by atomic mass is 32.1. The predicted molar refractivity (Wildman–Crippen MR) is 51.4 cm³/mol. The molecule has 0 spiro atoms. The van der Waals surface area contributed by atoms with E-state index in [0.29, 0.717) is 5.69 Å². The molecule has 0 unspecified atom stereocenters. The fourth-order valence-electron chi connectivity index (χ4n) is 1.14. The van der Waals surface area contributed by atoms with Gasteiger partial charge in [0.25, 0.3) is 0 Å². The van der Waals surface area contributed by atoms with Crippen LogP contribution in [0, 0.1) is 0 Å². The molecule has 2 aromatic rings. The van der Waals surface area contributed by atoms with Gasteiger partial charge in [-0.05, 0) is 34.7 Å². The van der Waals surface area contributed by atoms with Gasteiger partial charge in [-0.25, -0.2) is 0 Å². The summed E-state index contributed by atoms with van der Waals surface area (Å²) >= 11 is 3.95. The summed E-state index contributed by atoms with van der Waals surface area (Å²) in [7, 11) is 0. The van der Waals surface area contributed by atoms with Gasteiger partial charge in [0, 0.05) is 0 Å². The molecule has 1 heterocycles. The Bertz CT molecular complexity index is 491. The van der Waals surface area contributed by atoms with Crippen molar-refractivity contribution < 1.29 is 13.2 Å². The number of rotatable bonds is 1. The zero-order valence-electron chi connectivity index (χ0n) is 7.68. The zero-order chi connectivity index (χ0) is 11.8. The van der Waals surface area contributed by atoms with Crippen LogP contribution >= 0.6 is 12.6 Å². The molecule has 4 nitrogen and oxygen atoms in total. The smallest absolute Gasteiger partial charge is 0.188 e. The molecule has 0 N–H and O–H groups in total. The minimum absolute atomic E-state index is 0.208. The van der Waals surface area contributed by atoms with Crippen molar-refractivity contribution in [1.82, 2.24) is 20.2 Å². The molecule has 1 aromatic carbocycles. The Morgan fingerprint density at radius 2 is 1.75 bits per heavy atom. The van der Waals surface area contributed by atoms with Crippen LogP contribution in [0.1, 0.15) is 5.56 Å². The summed E-state index contributed by atoms with van der Waals surface area (Å²) in [6.45, 7) is 0. The van der Waals surface area contributed by atoms with Crippen molar-refractivity contribution in [3.8, 4) is 5.69 Å². The second-order valence-electron chi connectivity index (χ2n) is 2.94. The van der Waals surface area contributed by atoms with Crippen molar-refractivity contribution in [3.63, 3.8) is 0 Å². The van der Waals surface area contributed by atoms with Gasteiger partial charge in [0.15, 0.2) is 0 Å². The molecular weight excluding hydrogens is 241 g/mol. The molecule has 1 aromatic heterocycles. The normalized spacial score (nSPS) is 11.8. The molecule has 0 aliphatic heterocycles. The van der Waals surface area contributed by atoms with Gasteiger partial charge in [0.05, 0.1) is 11.3 Å². The lowest BCUT2D eigenvalue weighted by atomic mass is 10.2. The van der Waals surface area contributed by atoms with Crippen molar-refractivity contribution in [1.29, 1.82) is 0 Å². The number of hydrogen-bond acceptors (Lipinski definition) is 4. The summed E-state index contributed by atoms with van der Waals surface area (Å²) < 4.78 is 38.1. The Balaban J connectivity index is 2.37. The van der Waals surface area contributed by atoms with Crippen LogP contribution in [0.15, 0.2) is 29.4 Å². The second kappa shape index (κ2) is 3.78. The molecule has 0 radical (unpaired) electrons. The second-order valence-corrected chi connectivity index (χ2v) is 3.34. The van der Waals surface area contributed by atoms with Gasteiger partial charge in [-0.1, -0.05) is 0 Å². The predicted octanol–water partition coefficient (Wildman–Crippen LogP) is 1.97. The van der Waals surface area contributed by atoms with Crippen molar-refractivity contribution in [3.05, 3.63) is 29.8 Å². The summed E-state index contributed by atoms with van der Waals surface area (Å²) in [4.78, 5) is 0. The van der Waals surface area contributed by atoms with Crippen LogP contribution in [0.3, 0.4) is 0 Å². The third-order valence-electron chi connectivity index (χ3n) is 1.89. The first-order valence-corrected chi connectivity index (χ1v) is 4.58. The SMILES string of the molecule is FC(F)(F)c1ccc(-n2nnnc2S)cc1. The van der Waals surface area contributed by atoms with E-state index in [1.165, 1.54) is 16.8 Å². The van der Waals surface area contributed by atoms with Crippen molar-refractivity contribution in [2.75, 3.05) is 0 Å². The Morgan fingerprint density at radius 3 is 2.19 bits per heavy atom. The number of alkyl halides is 3. The Hall–Kier alpha value is -1.57. The van der Waals surface area contributed by atoms with E-state index in [1.54, 1.807) is 0 Å². The average Bonchev–Trinajstić information content (AvgIpc) is 2.63. The lowest BCUT2D eigenvalue weighted by Gasteiger charge is -2.07. The topological polar surface area (TPSA) is 43.6 Å². The highest BCUT2D eigenvalue weighted by Crippen LogP contribution is 2.29. The van der Waals surface area contributed by atoms with Crippen molar-refractivity contribution in [2.45, 2.75) is 11.3 Å². The number of thiol groups is 1. The summed E-state index contributed by atoms with van der Waals surface area (Å²) in [6.07, 6.45) is -4.34. The first-order chi connectivity index (χ1) is 7.48. The van der Waals surface area contributed by atoms with Gasteiger partial charge < -0.3 is 0 Å². The van der Waals surface area contributed by atoms with Gasteiger partial charge in [-0.3, -0.25) is 0 Å². The maximum atomic E-state index is 12.3. The summed E-state index contributed by atoms with van der Waals surface area (Å²) in [5.41, 5.74) is -0.298. The third kappa shape index (κ3) is 2.01. The van der Waals surface area contributed by atoms with Crippen LogP contribution in [0.25, 0.3) is 5.69 Å². The van der Waals surface area contributed by atoms with Crippen LogP contribution in [0.2, 0.25) is 0 Å². The highest BCUT2D eigenvalue weighted by Gasteiger charge is 2.30. The van der Waals surface area contributed by atoms with E-state index in [2.05, 4.69) is 28.2 Å². The number of nitrogens with zero attached hydrogens (tertiary/aromatic N) is 4. The Labute approximate surface area is 93.5 Å². The molecule has 0 atom stereocenters. The van der Waals surface area contributed by atoms with Gasteiger partial charge in [-0.2, -0.15) is 17.9 Å². The molecule has 0 aliphatic rings. The minimum atomic E-state index is -4.34. The molecule has 0 saturated carbocycles. The Kier molecular flexibility index (Phi) is 2.58. The summed E-state index contributed by atoms with van der Waals surface area (Å²) in [6, 6.07) is 4.48. The lowest BCUT2D eigenvalue weighted by molar-refractivity contribution is -0.137. The van der Waals surface area contributed by atoms with Gasteiger partial charge >= 0.3 is 6.18 Å². The number of aromatic nitrogens is 4. The van der Waals surface area contributed by atoms with E-state index in [4.69, 9.17) is 0 Å². The monoisotopic (exact) mass is 246 g/mol. The van der Waals surface area contributed by atoms with E-state index < -0.39 is 11.7 Å². The average molecular weight is 246 g/mol. The van der Waals surface area contributed by atoms with E-state index in [9.17, 15) is 13.2 Å². The van der Waals surface area contributed by atoms with Crippen molar-refractivity contribution >= 4 is 12.6 Å². The van der Waals surface area contributed by atoms with E-state index >= 15 is 0 Å². The van der Waals surface area contributed by atoms with Crippen LogP contribution in [-0.4, -0.2) is 20.2 Å². The van der Waals surface area contributed by atoms with Crippen LogP contribution < -0.4 is 0 Å². The van der Waals surface area contributed by atoms with E-state index in [0.717, 1.165) is 12.1 Å². The largest absolute Gasteiger partial charge is 0.416 e. The van der Waals surface area contributed by atoms with Crippen molar-refractivity contribution in [2.24, 2.45) is 0 Å². The molecule has 2 rings (SSSR count).